The van der Waals surface area contributed by atoms with Crippen LogP contribution in [0.25, 0.3) is 0 Å². The molecule has 6 nitrogen and oxygen atoms in total. The molecule has 0 aromatic heterocycles. The summed E-state index contributed by atoms with van der Waals surface area (Å²) < 4.78 is 0. The van der Waals surface area contributed by atoms with E-state index in [9.17, 15) is 9.59 Å². The van der Waals surface area contributed by atoms with E-state index < -0.39 is 18.0 Å². The quantitative estimate of drug-likeness (QED) is 0.600. The van der Waals surface area contributed by atoms with Crippen LogP contribution in [0, 0.1) is 5.92 Å². The molecule has 2 atom stereocenters. The van der Waals surface area contributed by atoms with E-state index in [0.717, 1.165) is 19.6 Å². The van der Waals surface area contributed by atoms with Gasteiger partial charge in [-0.25, -0.2) is 9.59 Å². The van der Waals surface area contributed by atoms with E-state index in [1.165, 1.54) is 0 Å². The van der Waals surface area contributed by atoms with Crippen LogP contribution in [0.15, 0.2) is 0 Å². The first-order valence-electron chi connectivity index (χ1n) is 7.32. The zero-order chi connectivity index (χ0) is 15.7. The molecule has 0 saturated carbocycles. The summed E-state index contributed by atoms with van der Waals surface area (Å²) in [7, 11) is 0. The molecule has 0 aliphatic carbocycles. The smallest absolute Gasteiger partial charge is 0.326 e. The molecule has 2 unspecified atom stereocenters. The number of hydrogen-bond acceptors (Lipinski definition) is 3. The van der Waals surface area contributed by atoms with Crippen LogP contribution in [-0.2, 0) is 4.79 Å². The lowest BCUT2D eigenvalue weighted by atomic mass is 10.0. The van der Waals surface area contributed by atoms with Crippen molar-refractivity contribution in [3.05, 3.63) is 0 Å². The number of carbonyl (C=O) groups excluding carboxylic acids is 1. The topological polar surface area (TPSA) is 81.7 Å². The lowest BCUT2D eigenvalue weighted by Crippen LogP contribution is -2.51. The van der Waals surface area contributed by atoms with Gasteiger partial charge in [-0.05, 0) is 32.4 Å². The second kappa shape index (κ2) is 9.58. The minimum atomic E-state index is -0.995. The van der Waals surface area contributed by atoms with Crippen LogP contribution in [0.3, 0.4) is 0 Å². The number of carboxylic acid groups (broad SMARTS) is 1. The number of carboxylic acids is 1. The standard InChI is InChI=1S/C14H29N3O3/c1-6-17(7-2)9-11(5)15-14(20)16-12(13(18)19)8-10(3)4/h10-12H,6-9H2,1-5H3,(H,18,19)(H2,15,16,20). The molecule has 2 amide bonds. The molecular formula is C14H29N3O3. The number of aliphatic carboxylic acids is 1. The molecule has 6 heteroatoms. The van der Waals surface area contributed by atoms with Crippen molar-refractivity contribution < 1.29 is 14.7 Å². The molecule has 0 spiro atoms. The molecule has 0 aromatic carbocycles. The molecule has 3 N–H and O–H groups in total. The fraction of sp³-hybridized carbons (Fsp3) is 0.857. The van der Waals surface area contributed by atoms with Crippen molar-refractivity contribution in [3.63, 3.8) is 0 Å². The Hall–Kier alpha value is -1.30. The van der Waals surface area contributed by atoms with E-state index in [0.29, 0.717) is 6.42 Å². The minimum absolute atomic E-state index is 0.0246. The van der Waals surface area contributed by atoms with Crippen molar-refractivity contribution in [2.45, 2.75) is 53.1 Å². The molecule has 0 fully saturated rings. The van der Waals surface area contributed by atoms with Gasteiger partial charge in [0.2, 0.25) is 0 Å². The highest BCUT2D eigenvalue weighted by molar-refractivity contribution is 5.82. The normalized spacial score (nSPS) is 14.2. The van der Waals surface area contributed by atoms with E-state index in [1.807, 2.05) is 20.8 Å². The molecule has 0 bridgehead atoms. The number of likely N-dealkylation sites (N-methyl/N-ethyl adjacent to an activating group) is 1. The molecule has 0 aliphatic rings. The number of nitrogens with zero attached hydrogens (tertiary/aromatic N) is 1. The third-order valence-electron chi connectivity index (χ3n) is 3.11. The minimum Gasteiger partial charge on any atom is -0.480 e. The molecule has 0 rings (SSSR count). The number of hydrogen-bond donors (Lipinski definition) is 3. The van der Waals surface area contributed by atoms with Gasteiger partial charge in [-0.15, -0.1) is 0 Å². The van der Waals surface area contributed by atoms with Gasteiger partial charge in [0.25, 0.3) is 0 Å². The Morgan fingerprint density at radius 1 is 1.10 bits per heavy atom. The molecule has 0 aliphatic heterocycles. The third kappa shape index (κ3) is 7.99. The molecule has 118 valence electrons. The van der Waals surface area contributed by atoms with Crippen molar-refractivity contribution >= 4 is 12.0 Å². The molecule has 0 radical (unpaired) electrons. The average molecular weight is 287 g/mol. The Morgan fingerprint density at radius 3 is 2.05 bits per heavy atom. The van der Waals surface area contributed by atoms with Crippen LogP contribution in [-0.4, -0.2) is 53.7 Å². The van der Waals surface area contributed by atoms with Crippen LogP contribution < -0.4 is 10.6 Å². The number of carbonyl (C=O) groups is 2. The van der Waals surface area contributed by atoms with E-state index in [-0.39, 0.29) is 12.0 Å². The molecule has 0 heterocycles. The Morgan fingerprint density at radius 2 is 1.65 bits per heavy atom. The zero-order valence-corrected chi connectivity index (χ0v) is 13.3. The first-order chi connectivity index (χ1) is 9.29. The third-order valence-corrected chi connectivity index (χ3v) is 3.11. The number of urea groups is 1. The van der Waals surface area contributed by atoms with E-state index >= 15 is 0 Å². The summed E-state index contributed by atoms with van der Waals surface area (Å²) in [5.74, 6) is -0.783. The SMILES string of the molecule is CCN(CC)CC(C)NC(=O)NC(CC(C)C)C(=O)O. The molecule has 0 saturated heterocycles. The first kappa shape index (κ1) is 18.7. The van der Waals surface area contributed by atoms with Crippen molar-refractivity contribution in [3.8, 4) is 0 Å². The Balaban J connectivity index is 4.27. The van der Waals surface area contributed by atoms with E-state index in [1.54, 1.807) is 0 Å². The largest absolute Gasteiger partial charge is 0.480 e. The van der Waals surface area contributed by atoms with Crippen LogP contribution in [0.5, 0.6) is 0 Å². The van der Waals surface area contributed by atoms with Gasteiger partial charge in [0.1, 0.15) is 6.04 Å². The van der Waals surface area contributed by atoms with Gasteiger partial charge < -0.3 is 20.6 Å². The van der Waals surface area contributed by atoms with Crippen LogP contribution in [0.1, 0.15) is 41.0 Å². The van der Waals surface area contributed by atoms with E-state index in [4.69, 9.17) is 5.11 Å². The monoisotopic (exact) mass is 287 g/mol. The molecular weight excluding hydrogens is 258 g/mol. The zero-order valence-electron chi connectivity index (χ0n) is 13.3. The Kier molecular flexibility index (Phi) is 8.96. The highest BCUT2D eigenvalue weighted by Gasteiger charge is 2.21. The highest BCUT2D eigenvalue weighted by atomic mass is 16.4. The fourth-order valence-electron chi connectivity index (χ4n) is 2.03. The summed E-state index contributed by atoms with van der Waals surface area (Å²) >= 11 is 0. The maximum atomic E-state index is 11.8. The lowest BCUT2D eigenvalue weighted by molar-refractivity contribution is -0.139. The predicted octanol–water partition coefficient (Wildman–Crippen LogP) is 1.52. The summed E-state index contributed by atoms with van der Waals surface area (Å²) in [6, 6.07) is -1.28. The van der Waals surface area contributed by atoms with E-state index in [2.05, 4.69) is 29.4 Å². The number of amides is 2. The first-order valence-corrected chi connectivity index (χ1v) is 7.32. The fourth-order valence-corrected chi connectivity index (χ4v) is 2.03. The van der Waals surface area contributed by atoms with Gasteiger partial charge in [0.15, 0.2) is 0 Å². The van der Waals surface area contributed by atoms with Crippen molar-refractivity contribution in [2.75, 3.05) is 19.6 Å². The summed E-state index contributed by atoms with van der Waals surface area (Å²) in [6.45, 7) is 12.5. The van der Waals surface area contributed by atoms with Crippen molar-refractivity contribution in [1.29, 1.82) is 0 Å². The summed E-state index contributed by atoms with van der Waals surface area (Å²) in [6.07, 6.45) is 0.424. The number of nitrogens with one attached hydrogen (secondary N) is 2. The van der Waals surface area contributed by atoms with Crippen LogP contribution >= 0.6 is 0 Å². The summed E-state index contributed by atoms with van der Waals surface area (Å²) in [4.78, 5) is 25.1. The molecule has 20 heavy (non-hydrogen) atoms. The van der Waals surface area contributed by atoms with Crippen LogP contribution in [0.2, 0.25) is 0 Å². The van der Waals surface area contributed by atoms with Crippen molar-refractivity contribution in [2.24, 2.45) is 5.92 Å². The summed E-state index contributed by atoms with van der Waals surface area (Å²) in [5, 5.41) is 14.4. The van der Waals surface area contributed by atoms with Gasteiger partial charge in [-0.1, -0.05) is 27.7 Å². The molecule has 0 aromatic rings. The highest BCUT2D eigenvalue weighted by Crippen LogP contribution is 2.04. The number of rotatable bonds is 9. The van der Waals surface area contributed by atoms with Gasteiger partial charge >= 0.3 is 12.0 Å². The predicted molar refractivity (Wildman–Crippen MR) is 79.8 cm³/mol. The van der Waals surface area contributed by atoms with Gasteiger partial charge in [0, 0.05) is 12.6 Å². The average Bonchev–Trinajstić information content (AvgIpc) is 2.34. The van der Waals surface area contributed by atoms with Crippen LogP contribution in [0.4, 0.5) is 4.79 Å². The second-order valence-corrected chi connectivity index (χ2v) is 5.53. The van der Waals surface area contributed by atoms with Gasteiger partial charge in [-0.3, -0.25) is 0 Å². The van der Waals surface area contributed by atoms with Gasteiger partial charge in [0.05, 0.1) is 0 Å². The lowest BCUT2D eigenvalue weighted by Gasteiger charge is -2.24. The summed E-state index contributed by atoms with van der Waals surface area (Å²) in [5.41, 5.74) is 0. The second-order valence-electron chi connectivity index (χ2n) is 5.53. The maximum Gasteiger partial charge on any atom is 0.326 e. The van der Waals surface area contributed by atoms with Crippen molar-refractivity contribution in [1.82, 2.24) is 15.5 Å². The van der Waals surface area contributed by atoms with Gasteiger partial charge in [-0.2, -0.15) is 0 Å². The maximum absolute atomic E-state index is 11.8. The Bertz CT molecular complexity index is 304. The Labute approximate surface area is 121 Å².